The minimum absolute atomic E-state index is 0. The van der Waals surface area contributed by atoms with Gasteiger partial charge in [0.05, 0.1) is 5.75 Å². The highest BCUT2D eigenvalue weighted by Crippen LogP contribution is 2.24. The molecule has 0 unspecified atom stereocenters. The quantitative estimate of drug-likeness (QED) is 0.448. The Labute approximate surface area is 220 Å². The van der Waals surface area contributed by atoms with Gasteiger partial charge in [-0.25, -0.2) is 8.42 Å². The van der Waals surface area contributed by atoms with Crippen LogP contribution in [0.15, 0.2) is 85.2 Å². The van der Waals surface area contributed by atoms with Crippen molar-refractivity contribution < 1.29 is 24.2 Å². The molecule has 8 nitrogen and oxygen atoms in total. The van der Waals surface area contributed by atoms with Gasteiger partial charge in [-0.05, 0) is 43.4 Å². The van der Waals surface area contributed by atoms with Gasteiger partial charge in [-0.15, -0.1) is 0 Å². The number of piperidine rings is 1. The van der Waals surface area contributed by atoms with Crippen molar-refractivity contribution in [3.05, 3.63) is 102 Å². The van der Waals surface area contributed by atoms with Crippen molar-refractivity contribution in [1.82, 2.24) is 14.6 Å². The Kier molecular flexibility index (Phi) is 10.8. The molecule has 2 aromatic carbocycles. The van der Waals surface area contributed by atoms with E-state index in [9.17, 15) is 18.0 Å². The number of pyridine rings is 1. The fourth-order valence-electron chi connectivity index (χ4n) is 3.86. The molecule has 9 heteroatoms. The summed E-state index contributed by atoms with van der Waals surface area (Å²) < 4.78 is 32.2. The molecule has 4 rings (SSSR count). The van der Waals surface area contributed by atoms with Crippen molar-refractivity contribution in [2.75, 3.05) is 13.2 Å². The summed E-state index contributed by atoms with van der Waals surface area (Å²) in [4.78, 5) is 28.5. The molecule has 1 saturated heterocycles. The van der Waals surface area contributed by atoms with E-state index in [1.165, 1.54) is 9.87 Å². The molecule has 0 spiro atoms. The maximum atomic E-state index is 12.9. The second-order valence-corrected chi connectivity index (χ2v) is 10.7. The molecule has 198 valence electrons. The topological polar surface area (TPSA) is 106 Å². The second kappa shape index (κ2) is 14.2. The van der Waals surface area contributed by atoms with E-state index < -0.39 is 34.5 Å². The predicted molar refractivity (Wildman–Crippen MR) is 144 cm³/mol. The van der Waals surface area contributed by atoms with Gasteiger partial charge in [0.1, 0.15) is 6.04 Å². The number of hydrogen-bond donors (Lipinski definition) is 1. The van der Waals surface area contributed by atoms with E-state index in [1.807, 2.05) is 30.3 Å². The van der Waals surface area contributed by atoms with Crippen LogP contribution in [-0.2, 0) is 36.6 Å². The molecule has 1 aliphatic heterocycles. The van der Waals surface area contributed by atoms with Gasteiger partial charge in [0.25, 0.3) is 5.91 Å². The summed E-state index contributed by atoms with van der Waals surface area (Å²) in [7, 11) is -3.69. The molecule has 1 aromatic heterocycles. The van der Waals surface area contributed by atoms with E-state index in [2.05, 4.69) is 29.4 Å². The maximum absolute atomic E-state index is 12.9. The molecular formula is C28H35N3O5S. The highest BCUT2D eigenvalue weighted by molar-refractivity contribution is 7.88. The monoisotopic (exact) mass is 525 g/mol. The largest absolute Gasteiger partial charge is 0.454 e. The highest BCUT2D eigenvalue weighted by atomic mass is 32.2. The number of hydrogen-bond acceptors (Lipinski definition) is 6. The fourth-order valence-corrected chi connectivity index (χ4v) is 5.63. The number of carbonyl (C=O) groups is 2. The summed E-state index contributed by atoms with van der Waals surface area (Å²) in [5, 5.41) is 2.64. The van der Waals surface area contributed by atoms with Crippen LogP contribution in [-0.4, -0.2) is 48.8 Å². The van der Waals surface area contributed by atoms with Gasteiger partial charge in [0.15, 0.2) is 6.61 Å². The third-order valence-electron chi connectivity index (χ3n) is 5.77. The number of aromatic nitrogens is 1. The zero-order valence-corrected chi connectivity index (χ0v) is 21.8. The standard InChI is InChI=1S/C21H25N3O5S.C7H8.H2/c25-20(23-14-18-9-6-11-22-13-18)15-29-21(26)19-10-4-5-12-24(19)30(27,28)16-17-7-2-1-3-8-17;1-7-5-3-2-4-6-7;/h1-3,6-9,11,13,19H,4-5,10,12,14-16H2,(H,23,25);2-6H,1H3;1H/t19-;;/m0../s1. The summed E-state index contributed by atoms with van der Waals surface area (Å²) in [5.41, 5.74) is 2.80. The molecule has 1 atom stereocenters. The van der Waals surface area contributed by atoms with Crippen molar-refractivity contribution in [3.8, 4) is 0 Å². The highest BCUT2D eigenvalue weighted by Gasteiger charge is 2.37. The number of amides is 1. The lowest BCUT2D eigenvalue weighted by Gasteiger charge is -2.33. The Morgan fingerprint density at radius 2 is 1.68 bits per heavy atom. The molecule has 0 aliphatic carbocycles. The molecule has 2 heterocycles. The first kappa shape index (κ1) is 28.0. The van der Waals surface area contributed by atoms with Gasteiger partial charge in [-0.2, -0.15) is 4.31 Å². The van der Waals surface area contributed by atoms with Crippen LogP contribution < -0.4 is 5.32 Å². The zero-order chi connectivity index (χ0) is 26.5. The average molecular weight is 526 g/mol. The van der Waals surface area contributed by atoms with E-state index in [4.69, 9.17) is 4.74 Å². The third kappa shape index (κ3) is 9.44. The third-order valence-corrected chi connectivity index (χ3v) is 7.62. The predicted octanol–water partition coefficient (Wildman–Crippen LogP) is 3.87. The molecule has 1 amide bonds. The molecule has 1 aliphatic rings. The van der Waals surface area contributed by atoms with Gasteiger partial charge in [0, 0.05) is 26.9 Å². The lowest BCUT2D eigenvalue weighted by atomic mass is 10.1. The summed E-state index contributed by atoms with van der Waals surface area (Å²) in [6, 6.07) is 21.8. The summed E-state index contributed by atoms with van der Waals surface area (Å²) >= 11 is 0. The first-order valence-electron chi connectivity index (χ1n) is 12.2. The summed E-state index contributed by atoms with van der Waals surface area (Å²) in [6.07, 6.45) is 5.05. The van der Waals surface area contributed by atoms with Crippen LogP contribution in [0.4, 0.5) is 0 Å². The van der Waals surface area contributed by atoms with Crippen molar-refractivity contribution >= 4 is 21.9 Å². The first-order chi connectivity index (χ1) is 17.8. The Morgan fingerprint density at radius 1 is 1.00 bits per heavy atom. The Morgan fingerprint density at radius 3 is 2.30 bits per heavy atom. The lowest BCUT2D eigenvalue weighted by Crippen LogP contribution is -2.49. The molecule has 0 bridgehead atoms. The Hall–Kier alpha value is -3.56. The van der Waals surface area contributed by atoms with E-state index in [-0.39, 0.29) is 20.3 Å². The van der Waals surface area contributed by atoms with Crippen LogP contribution in [0.2, 0.25) is 0 Å². The summed E-state index contributed by atoms with van der Waals surface area (Å²) in [6.45, 7) is 2.16. The normalized spacial score (nSPS) is 15.6. The number of carbonyl (C=O) groups excluding carboxylic acids is 2. The van der Waals surface area contributed by atoms with E-state index in [0.29, 0.717) is 18.4 Å². The van der Waals surface area contributed by atoms with Crippen molar-refractivity contribution in [2.24, 2.45) is 0 Å². The molecule has 0 radical (unpaired) electrons. The summed E-state index contributed by atoms with van der Waals surface area (Å²) in [5.74, 6) is -1.33. The minimum Gasteiger partial charge on any atom is -0.454 e. The molecule has 0 saturated carbocycles. The molecule has 1 N–H and O–H groups in total. The van der Waals surface area contributed by atoms with E-state index in [0.717, 1.165) is 12.0 Å². The van der Waals surface area contributed by atoms with Crippen LogP contribution in [0.25, 0.3) is 0 Å². The van der Waals surface area contributed by atoms with Gasteiger partial charge in [-0.1, -0.05) is 72.3 Å². The molecule has 3 aromatic rings. The van der Waals surface area contributed by atoms with Crippen LogP contribution >= 0.6 is 0 Å². The first-order valence-corrected chi connectivity index (χ1v) is 13.8. The number of ether oxygens (including phenoxy) is 1. The average Bonchev–Trinajstić information content (AvgIpc) is 2.92. The van der Waals surface area contributed by atoms with E-state index >= 15 is 0 Å². The SMILES string of the molecule is Cc1ccccc1.O=C(COC(=O)[C@@H]1CCCCN1S(=O)(=O)Cc1ccccc1)NCc1cccnc1.[HH]. The van der Waals surface area contributed by atoms with Crippen LogP contribution in [0, 0.1) is 6.92 Å². The van der Waals surface area contributed by atoms with Crippen LogP contribution in [0.3, 0.4) is 0 Å². The van der Waals surface area contributed by atoms with Crippen LogP contribution in [0.1, 0.15) is 37.4 Å². The number of nitrogens with one attached hydrogen (secondary N) is 1. The van der Waals surface area contributed by atoms with Gasteiger partial charge < -0.3 is 10.1 Å². The Balaban J connectivity index is 0.000000549. The number of sulfonamides is 1. The van der Waals surface area contributed by atoms with Crippen LogP contribution in [0.5, 0.6) is 0 Å². The number of esters is 1. The number of rotatable bonds is 8. The number of nitrogens with zero attached hydrogens (tertiary/aromatic N) is 2. The minimum atomic E-state index is -3.69. The van der Waals surface area contributed by atoms with Crippen molar-refractivity contribution in [3.63, 3.8) is 0 Å². The molecule has 1 fully saturated rings. The van der Waals surface area contributed by atoms with Gasteiger partial charge in [0.2, 0.25) is 10.0 Å². The fraction of sp³-hybridized carbons (Fsp3) is 0.321. The Bertz CT molecular complexity index is 1230. The zero-order valence-electron chi connectivity index (χ0n) is 21.0. The molecule has 37 heavy (non-hydrogen) atoms. The molecular weight excluding hydrogens is 490 g/mol. The number of benzene rings is 2. The van der Waals surface area contributed by atoms with Crippen molar-refractivity contribution in [2.45, 2.75) is 44.5 Å². The van der Waals surface area contributed by atoms with Crippen molar-refractivity contribution in [1.29, 1.82) is 0 Å². The van der Waals surface area contributed by atoms with Gasteiger partial charge in [-0.3, -0.25) is 14.6 Å². The van der Waals surface area contributed by atoms with E-state index in [1.54, 1.807) is 42.7 Å². The number of aryl methyl sites for hydroxylation is 1. The lowest BCUT2D eigenvalue weighted by molar-refractivity contribution is -0.153. The van der Waals surface area contributed by atoms with Gasteiger partial charge >= 0.3 is 5.97 Å². The smallest absolute Gasteiger partial charge is 0.324 e. The second-order valence-electron chi connectivity index (χ2n) is 8.76. The maximum Gasteiger partial charge on any atom is 0.324 e.